The summed E-state index contributed by atoms with van der Waals surface area (Å²) in [5, 5.41) is 8.94. The van der Waals surface area contributed by atoms with Gasteiger partial charge in [-0.1, -0.05) is 23.2 Å². The van der Waals surface area contributed by atoms with Gasteiger partial charge >= 0.3 is 5.97 Å². The summed E-state index contributed by atoms with van der Waals surface area (Å²) in [6, 6.07) is 6.43. The average Bonchev–Trinajstić information content (AvgIpc) is 2.90. The number of aromatic carboxylic acids is 1. The van der Waals surface area contributed by atoms with Crippen molar-refractivity contribution in [2.24, 2.45) is 0 Å². The lowest BCUT2D eigenvalue weighted by Crippen LogP contribution is -1.94. The van der Waals surface area contributed by atoms with E-state index in [1.807, 2.05) is 0 Å². The summed E-state index contributed by atoms with van der Waals surface area (Å²) in [6.45, 7) is 0. The number of aromatic amines is 1. The summed E-state index contributed by atoms with van der Waals surface area (Å²) in [5.41, 5.74) is 2.24. The number of hydrogen-bond acceptors (Lipinski definition) is 3. The number of thiophene rings is 1. The van der Waals surface area contributed by atoms with E-state index in [9.17, 15) is 4.79 Å². The lowest BCUT2D eigenvalue weighted by molar-refractivity contribution is 0.0697. The maximum atomic E-state index is 10.9. The van der Waals surface area contributed by atoms with Crippen LogP contribution in [0, 0.1) is 0 Å². The standard InChI is InChI=1S/C12H6Cl2N2O2S/c13-9-4-6(10(14)19-9)11-15-7-2-1-5(12(17)18)3-8(7)16-11/h1-4H,(H,15,16)(H,17,18). The van der Waals surface area contributed by atoms with E-state index in [-0.39, 0.29) is 5.56 Å². The van der Waals surface area contributed by atoms with E-state index in [0.29, 0.717) is 31.1 Å². The second-order valence-corrected chi connectivity index (χ2v) is 6.15. The van der Waals surface area contributed by atoms with Gasteiger partial charge in [-0.25, -0.2) is 9.78 Å². The van der Waals surface area contributed by atoms with Gasteiger partial charge in [-0.2, -0.15) is 0 Å². The summed E-state index contributed by atoms with van der Waals surface area (Å²) in [6.07, 6.45) is 0. The molecule has 4 nitrogen and oxygen atoms in total. The monoisotopic (exact) mass is 312 g/mol. The van der Waals surface area contributed by atoms with Crippen molar-refractivity contribution in [1.29, 1.82) is 0 Å². The van der Waals surface area contributed by atoms with Crippen LogP contribution in [0.2, 0.25) is 8.67 Å². The number of carboxylic acids is 1. The van der Waals surface area contributed by atoms with E-state index in [1.54, 1.807) is 12.1 Å². The Balaban J connectivity index is 2.16. The van der Waals surface area contributed by atoms with E-state index in [2.05, 4.69) is 9.97 Å². The first kappa shape index (κ1) is 12.5. The molecule has 0 bridgehead atoms. The van der Waals surface area contributed by atoms with Crippen LogP contribution in [0.15, 0.2) is 24.3 Å². The second kappa shape index (κ2) is 4.52. The Morgan fingerprint density at radius 2 is 2.11 bits per heavy atom. The topological polar surface area (TPSA) is 66.0 Å². The molecule has 19 heavy (non-hydrogen) atoms. The predicted molar refractivity (Wildman–Crippen MR) is 76.4 cm³/mol. The highest BCUT2D eigenvalue weighted by atomic mass is 35.5. The molecule has 2 N–H and O–H groups in total. The highest BCUT2D eigenvalue weighted by Gasteiger charge is 2.13. The maximum Gasteiger partial charge on any atom is 0.335 e. The second-order valence-electron chi connectivity index (χ2n) is 3.86. The molecule has 2 heterocycles. The highest BCUT2D eigenvalue weighted by molar-refractivity contribution is 7.20. The Morgan fingerprint density at radius 1 is 1.32 bits per heavy atom. The minimum absolute atomic E-state index is 0.206. The summed E-state index contributed by atoms with van der Waals surface area (Å²) >= 11 is 13.2. The Kier molecular flexibility index (Phi) is 2.97. The van der Waals surface area contributed by atoms with Crippen molar-refractivity contribution in [3.8, 4) is 11.4 Å². The normalized spacial score (nSPS) is 11.1. The van der Waals surface area contributed by atoms with Crippen molar-refractivity contribution in [3.05, 3.63) is 38.5 Å². The van der Waals surface area contributed by atoms with Gasteiger partial charge in [0.2, 0.25) is 0 Å². The molecule has 0 unspecified atom stereocenters. The SMILES string of the molecule is O=C(O)c1ccc2nc(-c3cc(Cl)sc3Cl)[nH]c2c1. The van der Waals surface area contributed by atoms with Crippen LogP contribution in [-0.4, -0.2) is 21.0 Å². The molecule has 0 aliphatic heterocycles. The van der Waals surface area contributed by atoms with Crippen molar-refractivity contribution in [3.63, 3.8) is 0 Å². The number of fused-ring (bicyclic) bond motifs is 1. The van der Waals surface area contributed by atoms with E-state index < -0.39 is 5.97 Å². The fraction of sp³-hybridized carbons (Fsp3) is 0. The van der Waals surface area contributed by atoms with Crippen LogP contribution in [0.1, 0.15) is 10.4 Å². The summed E-state index contributed by atoms with van der Waals surface area (Å²) in [7, 11) is 0. The molecular formula is C12H6Cl2N2O2S. The summed E-state index contributed by atoms with van der Waals surface area (Å²) in [4.78, 5) is 18.3. The molecule has 1 aromatic carbocycles. The van der Waals surface area contributed by atoms with Crippen LogP contribution in [0.25, 0.3) is 22.4 Å². The smallest absolute Gasteiger partial charge is 0.335 e. The molecule has 0 radical (unpaired) electrons. The van der Waals surface area contributed by atoms with E-state index >= 15 is 0 Å². The zero-order chi connectivity index (χ0) is 13.6. The van der Waals surface area contributed by atoms with Gasteiger partial charge in [-0.05, 0) is 24.3 Å². The van der Waals surface area contributed by atoms with Gasteiger partial charge in [0.1, 0.15) is 10.2 Å². The van der Waals surface area contributed by atoms with Gasteiger partial charge in [0.05, 0.1) is 20.9 Å². The first-order valence-electron chi connectivity index (χ1n) is 5.23. The van der Waals surface area contributed by atoms with Crippen molar-refractivity contribution in [2.45, 2.75) is 0 Å². The Bertz CT molecular complexity index is 794. The molecule has 96 valence electrons. The van der Waals surface area contributed by atoms with Crippen LogP contribution < -0.4 is 0 Å². The molecule has 3 rings (SSSR count). The third-order valence-electron chi connectivity index (χ3n) is 2.64. The van der Waals surface area contributed by atoms with Crippen LogP contribution >= 0.6 is 34.5 Å². The Hall–Kier alpha value is -1.56. The molecular weight excluding hydrogens is 307 g/mol. The molecule has 0 amide bonds. The Labute approximate surface area is 121 Å². The van der Waals surface area contributed by atoms with Crippen molar-refractivity contribution >= 4 is 51.5 Å². The van der Waals surface area contributed by atoms with Gasteiger partial charge in [0, 0.05) is 5.56 Å². The van der Waals surface area contributed by atoms with Crippen molar-refractivity contribution in [1.82, 2.24) is 9.97 Å². The predicted octanol–water partition coefficient (Wildman–Crippen LogP) is 4.30. The molecule has 0 aliphatic carbocycles. The number of H-pyrrole nitrogens is 1. The molecule has 3 aromatic rings. The molecule has 0 saturated carbocycles. The number of rotatable bonds is 2. The third-order valence-corrected chi connectivity index (χ3v) is 4.13. The van der Waals surface area contributed by atoms with Crippen LogP contribution in [0.5, 0.6) is 0 Å². The zero-order valence-electron chi connectivity index (χ0n) is 9.28. The van der Waals surface area contributed by atoms with Gasteiger partial charge in [0.25, 0.3) is 0 Å². The molecule has 0 fully saturated rings. The van der Waals surface area contributed by atoms with Gasteiger partial charge < -0.3 is 10.1 Å². The quantitative estimate of drug-likeness (QED) is 0.741. The number of imidazole rings is 1. The lowest BCUT2D eigenvalue weighted by atomic mass is 10.2. The lowest BCUT2D eigenvalue weighted by Gasteiger charge is -1.92. The zero-order valence-corrected chi connectivity index (χ0v) is 11.6. The van der Waals surface area contributed by atoms with E-state index in [0.717, 1.165) is 0 Å². The number of carbonyl (C=O) groups is 1. The molecule has 2 aromatic heterocycles. The minimum Gasteiger partial charge on any atom is -0.478 e. The Morgan fingerprint density at radius 3 is 2.74 bits per heavy atom. The van der Waals surface area contributed by atoms with Crippen LogP contribution in [-0.2, 0) is 0 Å². The molecule has 0 atom stereocenters. The van der Waals surface area contributed by atoms with Crippen LogP contribution in [0.4, 0.5) is 0 Å². The van der Waals surface area contributed by atoms with Crippen molar-refractivity contribution < 1.29 is 9.90 Å². The molecule has 7 heteroatoms. The molecule has 0 aliphatic rings. The highest BCUT2D eigenvalue weighted by Crippen LogP contribution is 2.37. The molecule has 0 spiro atoms. The fourth-order valence-corrected chi connectivity index (χ4v) is 3.24. The fourth-order valence-electron chi connectivity index (χ4n) is 1.77. The van der Waals surface area contributed by atoms with Gasteiger partial charge in [-0.15, -0.1) is 11.3 Å². The number of carboxylic acid groups (broad SMARTS) is 1. The number of benzene rings is 1. The van der Waals surface area contributed by atoms with E-state index in [4.69, 9.17) is 28.3 Å². The molecule has 0 saturated heterocycles. The number of hydrogen-bond donors (Lipinski definition) is 2. The first-order chi connectivity index (χ1) is 9.04. The largest absolute Gasteiger partial charge is 0.478 e. The number of halogens is 2. The third kappa shape index (κ3) is 2.20. The van der Waals surface area contributed by atoms with Crippen LogP contribution in [0.3, 0.4) is 0 Å². The van der Waals surface area contributed by atoms with Crippen molar-refractivity contribution in [2.75, 3.05) is 0 Å². The number of nitrogens with one attached hydrogen (secondary N) is 1. The number of aromatic nitrogens is 2. The summed E-state index contributed by atoms with van der Waals surface area (Å²) < 4.78 is 1.12. The van der Waals surface area contributed by atoms with Gasteiger partial charge in [-0.3, -0.25) is 0 Å². The van der Waals surface area contributed by atoms with E-state index in [1.165, 1.54) is 23.5 Å². The van der Waals surface area contributed by atoms with Gasteiger partial charge in [0.15, 0.2) is 0 Å². The minimum atomic E-state index is -0.977. The maximum absolute atomic E-state index is 10.9. The first-order valence-corrected chi connectivity index (χ1v) is 6.80. The number of nitrogens with zero attached hydrogens (tertiary/aromatic N) is 1. The average molecular weight is 313 g/mol. The summed E-state index contributed by atoms with van der Waals surface area (Å²) in [5.74, 6) is -0.402.